The number of hydrogen-bond acceptors (Lipinski definition) is 8. The molecule has 3 aliphatic rings. The van der Waals surface area contributed by atoms with Crippen LogP contribution < -0.4 is 20.4 Å². The van der Waals surface area contributed by atoms with Gasteiger partial charge in [-0.05, 0) is 61.4 Å². The van der Waals surface area contributed by atoms with E-state index in [0.29, 0.717) is 25.0 Å². The molecule has 0 aliphatic carbocycles. The lowest BCUT2D eigenvalue weighted by Crippen LogP contribution is -2.40. The van der Waals surface area contributed by atoms with Crippen molar-refractivity contribution in [2.75, 3.05) is 41.4 Å². The van der Waals surface area contributed by atoms with Crippen molar-refractivity contribution in [3.8, 4) is 11.4 Å². The number of nitrogens with one attached hydrogen (secondary N) is 2. The van der Waals surface area contributed by atoms with E-state index in [0.717, 1.165) is 74.1 Å². The Bertz CT molecular complexity index is 1340. The van der Waals surface area contributed by atoms with Crippen molar-refractivity contribution in [1.82, 2.24) is 25.3 Å². The van der Waals surface area contributed by atoms with E-state index in [1.165, 1.54) is 5.56 Å². The Hall–Kier alpha value is -3.79. The van der Waals surface area contributed by atoms with Crippen molar-refractivity contribution in [2.24, 2.45) is 5.41 Å². The molecule has 10 heteroatoms. The molecule has 2 unspecified atom stereocenters. The van der Waals surface area contributed by atoms with E-state index < -0.39 is 0 Å². The Labute approximate surface area is 235 Å². The van der Waals surface area contributed by atoms with Crippen LogP contribution in [0.3, 0.4) is 0 Å². The first-order valence-corrected chi connectivity index (χ1v) is 14.3. The summed E-state index contributed by atoms with van der Waals surface area (Å²) in [6.45, 7) is 10.4. The summed E-state index contributed by atoms with van der Waals surface area (Å²) >= 11 is 0. The highest BCUT2D eigenvalue weighted by atomic mass is 16.5. The maximum Gasteiger partial charge on any atom is 0.319 e. The molecule has 2 fully saturated rings. The normalized spacial score (nSPS) is 20.0. The van der Waals surface area contributed by atoms with Gasteiger partial charge in [-0.3, -0.25) is 0 Å². The van der Waals surface area contributed by atoms with E-state index in [-0.39, 0.29) is 17.6 Å². The molecule has 3 aromatic rings. The van der Waals surface area contributed by atoms with Crippen molar-refractivity contribution < 1.29 is 9.53 Å². The number of carbonyl (C=O) groups excluding carboxylic acids is 1. The molecule has 2 amide bonds. The summed E-state index contributed by atoms with van der Waals surface area (Å²) in [6, 6.07) is 9.76. The number of morpholine rings is 1. The van der Waals surface area contributed by atoms with Crippen LogP contribution in [0.2, 0.25) is 0 Å². The Kier molecular flexibility index (Phi) is 7.27. The number of carbonyl (C=O) groups is 1. The summed E-state index contributed by atoms with van der Waals surface area (Å²) in [4.78, 5) is 36.1. The van der Waals surface area contributed by atoms with Gasteiger partial charge >= 0.3 is 6.03 Å². The molecule has 2 N–H and O–H groups in total. The smallest absolute Gasteiger partial charge is 0.319 e. The summed E-state index contributed by atoms with van der Waals surface area (Å²) < 4.78 is 5.88. The number of hydrogen-bond donors (Lipinski definition) is 2. The zero-order valence-electron chi connectivity index (χ0n) is 23.6. The van der Waals surface area contributed by atoms with E-state index in [2.05, 4.69) is 51.2 Å². The molecule has 0 radical (unpaired) electrons. The Balaban J connectivity index is 1.21. The van der Waals surface area contributed by atoms with Gasteiger partial charge < -0.3 is 25.2 Å². The lowest BCUT2D eigenvalue weighted by atomic mass is 9.91. The van der Waals surface area contributed by atoms with Gasteiger partial charge in [0.1, 0.15) is 5.82 Å². The number of benzene rings is 1. The van der Waals surface area contributed by atoms with Gasteiger partial charge in [-0.1, -0.05) is 20.8 Å². The van der Waals surface area contributed by atoms with Gasteiger partial charge in [0.15, 0.2) is 5.82 Å². The Morgan fingerprint density at radius 2 is 1.93 bits per heavy atom. The van der Waals surface area contributed by atoms with Crippen molar-refractivity contribution in [3.05, 3.63) is 54.0 Å². The summed E-state index contributed by atoms with van der Waals surface area (Å²) in [5, 5.41) is 5.88. The van der Waals surface area contributed by atoms with E-state index in [9.17, 15) is 4.79 Å². The maximum absolute atomic E-state index is 12.4. The zero-order valence-corrected chi connectivity index (χ0v) is 23.6. The first kappa shape index (κ1) is 26.4. The summed E-state index contributed by atoms with van der Waals surface area (Å²) in [5.74, 6) is 2.43. The van der Waals surface area contributed by atoms with Crippen LogP contribution in [-0.2, 0) is 17.7 Å². The second-order valence-corrected chi connectivity index (χ2v) is 12.1. The van der Waals surface area contributed by atoms with Gasteiger partial charge in [0.2, 0.25) is 5.95 Å². The molecule has 6 rings (SSSR count). The summed E-state index contributed by atoms with van der Waals surface area (Å²) in [7, 11) is 0. The number of fused-ring (bicyclic) bond motifs is 3. The predicted molar refractivity (Wildman–Crippen MR) is 155 cm³/mol. The molecule has 0 saturated carbocycles. The van der Waals surface area contributed by atoms with Gasteiger partial charge in [-0.25, -0.2) is 24.7 Å². The lowest BCUT2D eigenvalue weighted by Gasteiger charge is -2.34. The van der Waals surface area contributed by atoms with Crippen LogP contribution in [0.5, 0.6) is 0 Å². The molecule has 2 aromatic heterocycles. The molecule has 2 atom stereocenters. The average Bonchev–Trinajstić information content (AvgIpc) is 3.59. The quantitative estimate of drug-likeness (QED) is 0.423. The molecule has 10 nitrogen and oxygen atoms in total. The lowest BCUT2D eigenvalue weighted by molar-refractivity contribution is 0.0988. The number of aromatic nitrogens is 4. The first-order chi connectivity index (χ1) is 19.3. The molecule has 2 bridgehead atoms. The minimum atomic E-state index is -0.191. The highest BCUT2D eigenvalue weighted by Gasteiger charge is 2.41. The molecule has 40 heavy (non-hydrogen) atoms. The maximum atomic E-state index is 12.4. The monoisotopic (exact) mass is 542 g/mol. The van der Waals surface area contributed by atoms with Crippen LogP contribution in [-0.4, -0.2) is 64.4 Å². The summed E-state index contributed by atoms with van der Waals surface area (Å²) in [5.41, 5.74) is 4.14. The number of rotatable bonds is 7. The fourth-order valence-electron chi connectivity index (χ4n) is 5.76. The van der Waals surface area contributed by atoms with Gasteiger partial charge in [-0.15, -0.1) is 0 Å². The van der Waals surface area contributed by atoms with Crippen LogP contribution in [0.25, 0.3) is 11.4 Å². The molecule has 1 aromatic carbocycles. The fourth-order valence-corrected chi connectivity index (χ4v) is 5.76. The minimum Gasteiger partial charge on any atom is -0.374 e. The van der Waals surface area contributed by atoms with Crippen LogP contribution in [0.15, 0.2) is 42.7 Å². The molecule has 2 saturated heterocycles. The Morgan fingerprint density at radius 3 is 2.62 bits per heavy atom. The van der Waals surface area contributed by atoms with Gasteiger partial charge in [0.25, 0.3) is 0 Å². The largest absolute Gasteiger partial charge is 0.374 e. The average molecular weight is 543 g/mol. The van der Waals surface area contributed by atoms with E-state index in [1.54, 1.807) is 12.4 Å². The summed E-state index contributed by atoms with van der Waals surface area (Å²) in [6.07, 6.45) is 7.73. The highest BCUT2D eigenvalue weighted by molar-refractivity contribution is 5.89. The van der Waals surface area contributed by atoms with Crippen LogP contribution in [0, 0.1) is 5.41 Å². The molecule has 3 aliphatic heterocycles. The fraction of sp³-hybridized carbons (Fsp3) is 0.500. The Morgan fingerprint density at radius 1 is 1.12 bits per heavy atom. The third kappa shape index (κ3) is 5.86. The minimum absolute atomic E-state index is 0.191. The van der Waals surface area contributed by atoms with Gasteiger partial charge in [-0.2, -0.15) is 0 Å². The standard InChI is InChI=1S/C30H38N8O2/c1-30(2,3)11-4-12-33-29(39)34-21-8-6-20(7-9-21)26-35-25-18-37(28-31-13-5-14-32-28)15-10-24(25)27(36-26)38-17-23-16-22(38)19-40-23/h5-9,13-14,22-23H,4,10-12,15-19H2,1-3H3,(H2,33,34,39). The third-order valence-electron chi connectivity index (χ3n) is 7.84. The number of anilines is 3. The zero-order chi connectivity index (χ0) is 27.7. The van der Waals surface area contributed by atoms with Crippen molar-refractivity contribution in [1.29, 1.82) is 0 Å². The predicted octanol–water partition coefficient (Wildman–Crippen LogP) is 4.42. The SMILES string of the molecule is CC(C)(C)CCCNC(=O)Nc1ccc(-c2nc3c(c(N4CC5CC4CO5)n2)CCN(c2ncccn2)C3)cc1. The van der Waals surface area contributed by atoms with E-state index in [4.69, 9.17) is 14.7 Å². The number of nitrogens with zero attached hydrogens (tertiary/aromatic N) is 6. The van der Waals surface area contributed by atoms with Crippen molar-refractivity contribution in [2.45, 2.75) is 65.1 Å². The van der Waals surface area contributed by atoms with Crippen LogP contribution >= 0.6 is 0 Å². The number of amides is 2. The molecule has 5 heterocycles. The molecule has 0 spiro atoms. The van der Waals surface area contributed by atoms with Crippen molar-refractivity contribution in [3.63, 3.8) is 0 Å². The van der Waals surface area contributed by atoms with Crippen LogP contribution in [0.1, 0.15) is 51.3 Å². The topological polar surface area (TPSA) is 108 Å². The highest BCUT2D eigenvalue weighted by Crippen LogP contribution is 2.37. The molecular formula is C30H38N8O2. The van der Waals surface area contributed by atoms with Gasteiger partial charge in [0.05, 0.1) is 31.0 Å². The third-order valence-corrected chi connectivity index (χ3v) is 7.84. The van der Waals surface area contributed by atoms with Gasteiger partial charge in [0, 0.05) is 48.8 Å². The van der Waals surface area contributed by atoms with Crippen molar-refractivity contribution >= 4 is 23.5 Å². The second kappa shape index (κ2) is 11.0. The van der Waals surface area contributed by atoms with E-state index >= 15 is 0 Å². The van der Waals surface area contributed by atoms with Crippen LogP contribution in [0.4, 0.5) is 22.2 Å². The number of urea groups is 1. The molecular weight excluding hydrogens is 504 g/mol. The second-order valence-electron chi connectivity index (χ2n) is 12.1. The first-order valence-electron chi connectivity index (χ1n) is 14.3. The molecule has 210 valence electrons. The van der Waals surface area contributed by atoms with E-state index in [1.807, 2.05) is 30.3 Å². The number of ether oxygens (including phenoxy) is 1.